The second-order valence-electron chi connectivity index (χ2n) is 9.44. The number of unbranched alkanes of at least 4 members (excludes halogenated alkanes) is 2. The number of nitrogens with zero attached hydrogens (tertiary/aromatic N) is 5. The van der Waals surface area contributed by atoms with Gasteiger partial charge in [0, 0.05) is 52.3 Å². The lowest BCUT2D eigenvalue weighted by molar-refractivity contribution is -0.137. The van der Waals surface area contributed by atoms with E-state index in [4.69, 9.17) is 32.2 Å². The summed E-state index contributed by atoms with van der Waals surface area (Å²) in [4.78, 5) is 57.5. The number of carbonyl (C=O) groups excluding carboxylic acids is 1. The van der Waals surface area contributed by atoms with E-state index in [-0.39, 0.29) is 17.9 Å². The fourth-order valence-electron chi connectivity index (χ4n) is 4.18. The first-order valence-electron chi connectivity index (χ1n) is 12.6. The Balaban J connectivity index is 0.000000983. The zero-order valence-electron chi connectivity index (χ0n) is 22.3. The van der Waals surface area contributed by atoms with E-state index >= 15 is 0 Å². The lowest BCUT2D eigenvalue weighted by Gasteiger charge is -2.34. The number of likely N-dealkylation sites (N-methyl/N-ethyl adjacent to an activating group) is 1. The van der Waals surface area contributed by atoms with Crippen molar-refractivity contribution in [2.75, 3.05) is 44.7 Å². The summed E-state index contributed by atoms with van der Waals surface area (Å²) in [6.07, 6.45) is 5.45. The smallest absolute Gasteiger partial charge is 0.303 e. The summed E-state index contributed by atoms with van der Waals surface area (Å²) in [7, 11) is 2.07. The monoisotopic (exact) mass is 575 g/mol. The lowest BCUT2D eigenvalue weighted by Crippen LogP contribution is -2.45. The normalized spacial score (nSPS) is 17.1. The molecule has 2 saturated heterocycles. The highest BCUT2D eigenvalue weighted by Crippen LogP contribution is 2.34. The summed E-state index contributed by atoms with van der Waals surface area (Å²) >= 11 is 6.64. The molecule has 0 bridgehead atoms. The molecule has 0 aromatic carbocycles. The molecule has 0 radical (unpaired) electrons. The second kappa shape index (κ2) is 13.7. The highest BCUT2D eigenvalue weighted by atomic mass is 32.2. The third kappa shape index (κ3) is 8.10. The third-order valence-electron chi connectivity index (χ3n) is 6.21. The van der Waals surface area contributed by atoms with Crippen LogP contribution in [0.25, 0.3) is 11.7 Å². The standard InChI is InChI=1S/C24H29N5O4S2.C2H4O2/c1-16-7-8-19-25-21(27-12-10-26(2)11-13-27)17(22(32)29(19)15-16)14-18-23(33)28(24(34)35-18)9-5-3-4-6-20(30)31;1-2(3)4/h7-8,14-15H,3-6,9-13H2,1-2H3,(H,30,31);1H3,(H,3,4). The van der Waals surface area contributed by atoms with Crippen LogP contribution in [0, 0.1) is 6.92 Å². The van der Waals surface area contributed by atoms with E-state index in [0.717, 1.165) is 38.7 Å². The van der Waals surface area contributed by atoms with E-state index < -0.39 is 11.9 Å². The number of amides is 1. The first kappa shape index (κ1) is 30.3. The van der Waals surface area contributed by atoms with Crippen molar-refractivity contribution in [1.82, 2.24) is 19.2 Å². The van der Waals surface area contributed by atoms with E-state index in [1.165, 1.54) is 16.2 Å². The number of carbonyl (C=O) groups is 3. The Morgan fingerprint density at radius 1 is 1.10 bits per heavy atom. The van der Waals surface area contributed by atoms with Crippen LogP contribution < -0.4 is 10.5 Å². The van der Waals surface area contributed by atoms with Crippen LogP contribution in [0.5, 0.6) is 0 Å². The number of thioether (sulfide) groups is 1. The van der Waals surface area contributed by atoms with Gasteiger partial charge in [0.2, 0.25) is 0 Å². The number of aromatic nitrogens is 2. The number of aliphatic carboxylic acids is 2. The molecule has 2 aliphatic heterocycles. The van der Waals surface area contributed by atoms with Crippen molar-refractivity contribution in [2.24, 2.45) is 0 Å². The summed E-state index contributed by atoms with van der Waals surface area (Å²) in [6, 6.07) is 3.76. The molecule has 0 spiro atoms. The molecular formula is C26H33N5O6S2. The lowest BCUT2D eigenvalue weighted by atomic mass is 10.2. The number of carboxylic acid groups (broad SMARTS) is 2. The van der Waals surface area contributed by atoms with E-state index in [0.29, 0.717) is 52.1 Å². The maximum Gasteiger partial charge on any atom is 0.303 e. The number of aryl methyl sites for hydroxylation is 1. The van der Waals surface area contributed by atoms with Gasteiger partial charge in [-0.15, -0.1) is 0 Å². The Hall–Kier alpha value is -3.29. The number of hydrogen-bond acceptors (Lipinski definition) is 9. The SMILES string of the molecule is CC(=O)O.Cc1ccc2nc(N3CCN(C)CC3)c(C=C3SC(=S)N(CCCCCC(=O)O)C3=O)c(=O)n2c1. The molecule has 13 heteroatoms. The zero-order chi connectivity index (χ0) is 28.7. The largest absolute Gasteiger partial charge is 0.481 e. The van der Waals surface area contributed by atoms with Crippen molar-refractivity contribution < 1.29 is 24.6 Å². The summed E-state index contributed by atoms with van der Waals surface area (Å²) in [5, 5.41) is 16.2. The minimum absolute atomic E-state index is 0.117. The Kier molecular flexibility index (Phi) is 10.6. The van der Waals surface area contributed by atoms with Crippen LogP contribution in [0.4, 0.5) is 5.82 Å². The van der Waals surface area contributed by atoms with Gasteiger partial charge >= 0.3 is 5.97 Å². The van der Waals surface area contributed by atoms with Gasteiger partial charge in [-0.1, -0.05) is 36.5 Å². The number of thiocarbonyl (C=S) groups is 1. The fourth-order valence-corrected chi connectivity index (χ4v) is 5.47. The Morgan fingerprint density at radius 3 is 2.41 bits per heavy atom. The maximum atomic E-state index is 13.6. The molecule has 2 N–H and O–H groups in total. The van der Waals surface area contributed by atoms with Crippen molar-refractivity contribution in [1.29, 1.82) is 0 Å². The van der Waals surface area contributed by atoms with Crippen molar-refractivity contribution in [3.63, 3.8) is 0 Å². The van der Waals surface area contributed by atoms with E-state index in [1.54, 1.807) is 17.2 Å². The average Bonchev–Trinajstić information content (AvgIpc) is 3.13. The van der Waals surface area contributed by atoms with Crippen molar-refractivity contribution >= 4 is 63.7 Å². The maximum absolute atomic E-state index is 13.6. The molecule has 2 aliphatic rings. The van der Waals surface area contributed by atoms with Crippen molar-refractivity contribution in [2.45, 2.75) is 39.5 Å². The van der Waals surface area contributed by atoms with Gasteiger partial charge in [0.05, 0.1) is 10.5 Å². The predicted octanol–water partition coefficient (Wildman–Crippen LogP) is 2.69. The van der Waals surface area contributed by atoms with Crippen LogP contribution in [0.1, 0.15) is 43.7 Å². The molecule has 210 valence electrons. The second-order valence-corrected chi connectivity index (χ2v) is 11.1. The van der Waals surface area contributed by atoms with Crippen LogP contribution in [0.2, 0.25) is 0 Å². The summed E-state index contributed by atoms with van der Waals surface area (Å²) in [5.41, 5.74) is 1.68. The molecule has 39 heavy (non-hydrogen) atoms. The topological polar surface area (TPSA) is 136 Å². The summed E-state index contributed by atoms with van der Waals surface area (Å²) in [5.74, 6) is -1.29. The van der Waals surface area contributed by atoms with Crippen LogP contribution in [0.3, 0.4) is 0 Å². The van der Waals surface area contributed by atoms with Gasteiger partial charge in [0.25, 0.3) is 17.4 Å². The number of piperazine rings is 1. The fraction of sp³-hybridized carbons (Fsp3) is 0.462. The van der Waals surface area contributed by atoms with Crippen molar-refractivity contribution in [3.05, 3.63) is 44.7 Å². The molecule has 4 rings (SSSR count). The Morgan fingerprint density at radius 2 is 1.77 bits per heavy atom. The molecule has 0 saturated carbocycles. The molecule has 0 atom stereocenters. The van der Waals surface area contributed by atoms with Gasteiger partial charge in [-0.2, -0.15) is 0 Å². The van der Waals surface area contributed by atoms with Gasteiger partial charge in [0.1, 0.15) is 15.8 Å². The number of pyridine rings is 1. The highest BCUT2D eigenvalue weighted by Gasteiger charge is 2.32. The molecule has 1 amide bonds. The number of fused-ring (bicyclic) bond motifs is 1. The molecule has 0 unspecified atom stereocenters. The predicted molar refractivity (Wildman–Crippen MR) is 155 cm³/mol. The van der Waals surface area contributed by atoms with Gasteiger partial charge in [0.15, 0.2) is 0 Å². The molecule has 2 aromatic heterocycles. The first-order chi connectivity index (χ1) is 18.5. The quantitative estimate of drug-likeness (QED) is 0.273. The zero-order valence-corrected chi connectivity index (χ0v) is 23.9. The van der Waals surface area contributed by atoms with E-state index in [2.05, 4.69) is 16.8 Å². The number of anilines is 1. The number of carboxylic acids is 2. The summed E-state index contributed by atoms with van der Waals surface area (Å²) in [6.45, 7) is 6.63. The molecule has 2 fully saturated rings. The Bertz CT molecular complexity index is 1350. The van der Waals surface area contributed by atoms with Gasteiger partial charge in [-0.3, -0.25) is 28.5 Å². The summed E-state index contributed by atoms with van der Waals surface area (Å²) < 4.78 is 1.98. The minimum Gasteiger partial charge on any atom is -0.481 e. The first-order valence-corrected chi connectivity index (χ1v) is 13.8. The molecule has 2 aromatic rings. The van der Waals surface area contributed by atoms with Crippen LogP contribution in [-0.4, -0.2) is 91.3 Å². The van der Waals surface area contributed by atoms with E-state index in [9.17, 15) is 14.4 Å². The van der Waals surface area contributed by atoms with Crippen LogP contribution in [0.15, 0.2) is 28.0 Å². The highest BCUT2D eigenvalue weighted by molar-refractivity contribution is 8.26. The minimum atomic E-state index is -0.833. The van der Waals surface area contributed by atoms with E-state index in [1.807, 2.05) is 19.1 Å². The number of rotatable bonds is 8. The molecular weight excluding hydrogens is 542 g/mol. The van der Waals surface area contributed by atoms with Gasteiger partial charge in [-0.25, -0.2) is 4.98 Å². The van der Waals surface area contributed by atoms with Crippen LogP contribution >= 0.6 is 24.0 Å². The van der Waals surface area contributed by atoms with Gasteiger partial charge in [-0.05, 0) is 44.5 Å². The molecule has 0 aliphatic carbocycles. The van der Waals surface area contributed by atoms with Crippen molar-refractivity contribution in [3.8, 4) is 0 Å². The molecule has 11 nitrogen and oxygen atoms in total. The third-order valence-corrected chi connectivity index (χ3v) is 7.59. The van der Waals surface area contributed by atoms with Gasteiger partial charge < -0.3 is 20.0 Å². The Labute approximate surface area is 236 Å². The number of hydrogen-bond donors (Lipinski definition) is 2. The van der Waals surface area contributed by atoms with Crippen LogP contribution in [-0.2, 0) is 14.4 Å². The average molecular weight is 576 g/mol. The molecule has 4 heterocycles.